The third-order valence-corrected chi connectivity index (χ3v) is 0.558. The van der Waals surface area contributed by atoms with Crippen LogP contribution in [0.3, 0.4) is 0 Å². The average molecular weight is 117 g/mol. The molecule has 0 aromatic heterocycles. The van der Waals surface area contributed by atoms with Crippen molar-refractivity contribution in [3.63, 3.8) is 0 Å². The SMILES string of the molecule is N/C(=C\CO)C(=O)O. The van der Waals surface area contributed by atoms with E-state index < -0.39 is 5.97 Å². The van der Waals surface area contributed by atoms with Gasteiger partial charge in [-0.2, -0.15) is 0 Å². The van der Waals surface area contributed by atoms with E-state index in [0.717, 1.165) is 6.08 Å². The molecular weight excluding hydrogens is 110 g/mol. The summed E-state index contributed by atoms with van der Waals surface area (Å²) in [5.74, 6) is -1.21. The van der Waals surface area contributed by atoms with Crippen molar-refractivity contribution in [3.05, 3.63) is 11.8 Å². The molecule has 0 spiro atoms. The summed E-state index contributed by atoms with van der Waals surface area (Å²) in [6, 6.07) is 0. The molecule has 0 aliphatic carbocycles. The molecule has 0 saturated heterocycles. The van der Waals surface area contributed by atoms with E-state index in [1.165, 1.54) is 0 Å². The van der Waals surface area contributed by atoms with Crippen molar-refractivity contribution in [2.45, 2.75) is 0 Å². The Kier molecular flexibility index (Phi) is 2.64. The highest BCUT2D eigenvalue weighted by molar-refractivity contribution is 5.85. The summed E-state index contributed by atoms with van der Waals surface area (Å²) in [6.07, 6.45) is 1.02. The molecule has 4 N–H and O–H groups in total. The topological polar surface area (TPSA) is 83.5 Å². The van der Waals surface area contributed by atoms with Crippen LogP contribution in [0.5, 0.6) is 0 Å². The number of aliphatic carboxylic acids is 1. The van der Waals surface area contributed by atoms with E-state index in [1.807, 2.05) is 0 Å². The highest BCUT2D eigenvalue weighted by atomic mass is 16.4. The Morgan fingerprint density at radius 1 is 1.75 bits per heavy atom. The maximum Gasteiger partial charge on any atom is 0.351 e. The van der Waals surface area contributed by atoms with Crippen molar-refractivity contribution in [1.29, 1.82) is 0 Å². The molecule has 0 aromatic rings. The van der Waals surface area contributed by atoms with Gasteiger partial charge in [0.2, 0.25) is 0 Å². The van der Waals surface area contributed by atoms with E-state index in [9.17, 15) is 4.79 Å². The van der Waals surface area contributed by atoms with Crippen LogP contribution in [-0.4, -0.2) is 22.8 Å². The Morgan fingerprint density at radius 2 is 2.25 bits per heavy atom. The predicted molar refractivity (Wildman–Crippen MR) is 27.0 cm³/mol. The first-order valence-electron chi connectivity index (χ1n) is 1.98. The van der Waals surface area contributed by atoms with E-state index in [0.29, 0.717) is 0 Å². The van der Waals surface area contributed by atoms with Gasteiger partial charge in [0.15, 0.2) is 0 Å². The summed E-state index contributed by atoms with van der Waals surface area (Å²) >= 11 is 0. The monoisotopic (exact) mass is 117 g/mol. The zero-order chi connectivity index (χ0) is 6.57. The molecule has 0 atom stereocenters. The minimum absolute atomic E-state index is 0.326. The molecule has 0 aromatic carbocycles. The first-order valence-corrected chi connectivity index (χ1v) is 1.98. The van der Waals surface area contributed by atoms with Gasteiger partial charge in [0.1, 0.15) is 5.70 Å². The van der Waals surface area contributed by atoms with Gasteiger partial charge in [-0.1, -0.05) is 0 Å². The summed E-state index contributed by atoms with van der Waals surface area (Å²) in [5, 5.41) is 16.1. The normalized spacial score (nSPS) is 11.4. The Morgan fingerprint density at radius 3 is 2.38 bits per heavy atom. The fourth-order valence-electron chi connectivity index (χ4n) is 0.186. The maximum absolute atomic E-state index is 9.78. The van der Waals surface area contributed by atoms with Crippen LogP contribution in [0, 0.1) is 0 Å². The molecule has 46 valence electrons. The lowest BCUT2D eigenvalue weighted by Gasteiger charge is -1.87. The first-order chi connectivity index (χ1) is 3.68. The summed E-state index contributed by atoms with van der Waals surface area (Å²) in [7, 11) is 0. The smallest absolute Gasteiger partial charge is 0.351 e. The third-order valence-electron chi connectivity index (χ3n) is 0.558. The fraction of sp³-hybridized carbons (Fsp3) is 0.250. The Labute approximate surface area is 46.2 Å². The Hall–Kier alpha value is -1.03. The van der Waals surface area contributed by atoms with Crippen molar-refractivity contribution in [1.82, 2.24) is 0 Å². The minimum Gasteiger partial charge on any atom is -0.477 e. The van der Waals surface area contributed by atoms with E-state index in [1.54, 1.807) is 0 Å². The standard InChI is InChI=1S/C4H7NO3/c5-3(1-2-6)4(7)8/h1,6H,2,5H2,(H,7,8)/b3-1-. The lowest BCUT2D eigenvalue weighted by atomic mass is 10.4. The van der Waals surface area contributed by atoms with Gasteiger partial charge in [0.25, 0.3) is 0 Å². The number of aliphatic hydroxyl groups is 1. The summed E-state index contributed by atoms with van der Waals surface area (Å²) in [6.45, 7) is -0.335. The molecule has 0 bridgehead atoms. The second kappa shape index (κ2) is 3.04. The minimum atomic E-state index is -1.21. The van der Waals surface area contributed by atoms with Gasteiger partial charge in [0.05, 0.1) is 6.61 Å². The predicted octanol–water partition coefficient (Wildman–Crippen LogP) is -1.09. The first kappa shape index (κ1) is 6.97. The van der Waals surface area contributed by atoms with E-state index in [4.69, 9.17) is 15.9 Å². The van der Waals surface area contributed by atoms with Crippen LogP contribution < -0.4 is 5.73 Å². The molecular formula is C4H7NO3. The number of carboxylic acids is 1. The molecule has 0 unspecified atom stereocenters. The number of hydrogen-bond acceptors (Lipinski definition) is 3. The molecule has 0 radical (unpaired) electrons. The molecule has 0 fully saturated rings. The van der Waals surface area contributed by atoms with Crippen molar-refractivity contribution in [2.24, 2.45) is 5.73 Å². The molecule has 0 amide bonds. The lowest BCUT2D eigenvalue weighted by molar-refractivity contribution is -0.132. The third kappa shape index (κ3) is 2.20. The van der Waals surface area contributed by atoms with Gasteiger partial charge < -0.3 is 15.9 Å². The number of aliphatic hydroxyl groups excluding tert-OH is 1. The van der Waals surface area contributed by atoms with Gasteiger partial charge in [-0.15, -0.1) is 0 Å². The number of hydrogen-bond donors (Lipinski definition) is 3. The van der Waals surface area contributed by atoms with Crippen LogP contribution >= 0.6 is 0 Å². The van der Waals surface area contributed by atoms with E-state index in [2.05, 4.69) is 0 Å². The zero-order valence-electron chi connectivity index (χ0n) is 4.16. The van der Waals surface area contributed by atoms with Gasteiger partial charge in [-0.05, 0) is 6.08 Å². The zero-order valence-corrected chi connectivity index (χ0v) is 4.16. The summed E-state index contributed by atoms with van der Waals surface area (Å²) in [4.78, 5) is 9.78. The van der Waals surface area contributed by atoms with Crippen molar-refractivity contribution >= 4 is 5.97 Å². The van der Waals surface area contributed by atoms with Gasteiger partial charge in [-0.3, -0.25) is 0 Å². The molecule has 0 aliphatic heterocycles. The van der Waals surface area contributed by atoms with Crippen LogP contribution in [0.25, 0.3) is 0 Å². The van der Waals surface area contributed by atoms with E-state index >= 15 is 0 Å². The number of nitrogens with two attached hydrogens (primary N) is 1. The Balaban J connectivity index is 3.80. The molecule has 4 heteroatoms. The van der Waals surface area contributed by atoms with Gasteiger partial charge in [-0.25, -0.2) is 4.79 Å². The molecule has 8 heavy (non-hydrogen) atoms. The van der Waals surface area contributed by atoms with Gasteiger partial charge in [0, 0.05) is 0 Å². The molecule has 4 nitrogen and oxygen atoms in total. The molecule has 0 rings (SSSR count). The van der Waals surface area contributed by atoms with Crippen LogP contribution in [-0.2, 0) is 4.79 Å². The van der Waals surface area contributed by atoms with Crippen molar-refractivity contribution < 1.29 is 15.0 Å². The van der Waals surface area contributed by atoms with Crippen LogP contribution in [0.15, 0.2) is 11.8 Å². The van der Waals surface area contributed by atoms with E-state index in [-0.39, 0.29) is 12.3 Å². The number of carboxylic acid groups (broad SMARTS) is 1. The summed E-state index contributed by atoms with van der Waals surface area (Å²) < 4.78 is 0. The highest BCUT2D eigenvalue weighted by Crippen LogP contribution is 1.79. The molecule has 0 saturated carbocycles. The van der Waals surface area contributed by atoms with Crippen LogP contribution in [0.4, 0.5) is 0 Å². The van der Waals surface area contributed by atoms with Crippen molar-refractivity contribution in [3.8, 4) is 0 Å². The molecule has 0 aliphatic rings. The van der Waals surface area contributed by atoms with Gasteiger partial charge >= 0.3 is 5.97 Å². The average Bonchev–Trinajstić information content (AvgIpc) is 1.67. The van der Waals surface area contributed by atoms with Crippen LogP contribution in [0.1, 0.15) is 0 Å². The van der Waals surface area contributed by atoms with Crippen LogP contribution in [0.2, 0.25) is 0 Å². The number of carbonyl (C=O) groups is 1. The second-order valence-corrected chi connectivity index (χ2v) is 1.15. The Bertz CT molecular complexity index is 118. The second-order valence-electron chi connectivity index (χ2n) is 1.15. The maximum atomic E-state index is 9.78. The lowest BCUT2D eigenvalue weighted by Crippen LogP contribution is -2.10. The van der Waals surface area contributed by atoms with Crippen molar-refractivity contribution in [2.75, 3.05) is 6.61 Å². The number of rotatable bonds is 2. The summed E-state index contributed by atoms with van der Waals surface area (Å²) in [5.41, 5.74) is 4.50. The fourth-order valence-corrected chi connectivity index (χ4v) is 0.186. The highest BCUT2D eigenvalue weighted by Gasteiger charge is 1.96. The quantitative estimate of drug-likeness (QED) is 0.401. The largest absolute Gasteiger partial charge is 0.477 e. The molecule has 0 heterocycles.